The molecule has 1 N–H and O–H groups in total. The third-order valence-electron chi connectivity index (χ3n) is 4.34. The van der Waals surface area contributed by atoms with Crippen LogP contribution in [0.4, 0.5) is 0 Å². The van der Waals surface area contributed by atoms with Crippen molar-refractivity contribution in [1.82, 2.24) is 19.0 Å². The number of pyridine rings is 1. The van der Waals surface area contributed by atoms with Gasteiger partial charge in [-0.2, -0.15) is 0 Å². The molecule has 0 bridgehead atoms. The molecule has 0 aliphatic carbocycles. The Hall–Kier alpha value is -2.97. The van der Waals surface area contributed by atoms with Crippen molar-refractivity contribution in [2.24, 2.45) is 14.1 Å². The number of rotatable bonds is 2. The van der Waals surface area contributed by atoms with E-state index in [4.69, 9.17) is 0 Å². The summed E-state index contributed by atoms with van der Waals surface area (Å²) in [6.45, 7) is 0.346. The molecule has 2 aromatic rings. The fourth-order valence-electron chi connectivity index (χ4n) is 3.01. The summed E-state index contributed by atoms with van der Waals surface area (Å²) in [5.74, 6) is -1.53. The summed E-state index contributed by atoms with van der Waals surface area (Å²) in [5, 5.41) is 9.33. The van der Waals surface area contributed by atoms with E-state index < -0.39 is 29.2 Å². The second kappa shape index (κ2) is 5.59. The highest BCUT2D eigenvalue weighted by atomic mass is 16.4. The molecule has 126 valence electrons. The van der Waals surface area contributed by atoms with Crippen molar-refractivity contribution in [3.63, 3.8) is 0 Å². The Kier molecular flexibility index (Phi) is 3.70. The fraction of sp³-hybridized carbons (Fsp3) is 0.400. The minimum Gasteiger partial charge on any atom is -0.480 e. The number of hydrogen-bond acceptors (Lipinski definition) is 5. The third kappa shape index (κ3) is 2.29. The first-order valence-electron chi connectivity index (χ1n) is 7.42. The predicted molar refractivity (Wildman–Crippen MR) is 83.9 cm³/mol. The minimum atomic E-state index is -1.05. The number of carboxylic acids is 1. The van der Waals surface area contributed by atoms with Gasteiger partial charge in [0.1, 0.15) is 11.7 Å². The van der Waals surface area contributed by atoms with E-state index >= 15 is 0 Å². The van der Waals surface area contributed by atoms with Crippen molar-refractivity contribution in [3.05, 3.63) is 38.7 Å². The number of aliphatic carboxylic acids is 1. The molecular formula is C15H16N4O5. The van der Waals surface area contributed by atoms with Crippen LogP contribution in [-0.2, 0) is 18.9 Å². The molecular weight excluding hydrogens is 316 g/mol. The highest BCUT2D eigenvalue weighted by Gasteiger charge is 2.34. The maximum atomic E-state index is 12.6. The van der Waals surface area contributed by atoms with Crippen molar-refractivity contribution in [2.45, 2.75) is 18.9 Å². The number of likely N-dealkylation sites (tertiary alicyclic amines) is 1. The molecule has 0 saturated carbocycles. The van der Waals surface area contributed by atoms with Gasteiger partial charge in [-0.1, -0.05) is 0 Å². The van der Waals surface area contributed by atoms with Gasteiger partial charge in [0.2, 0.25) is 0 Å². The van der Waals surface area contributed by atoms with Crippen LogP contribution in [0, 0.1) is 0 Å². The van der Waals surface area contributed by atoms with Gasteiger partial charge in [-0.15, -0.1) is 0 Å². The lowest BCUT2D eigenvalue weighted by Gasteiger charge is -2.21. The number of aromatic nitrogens is 3. The predicted octanol–water partition coefficient (Wildman–Crippen LogP) is -0.679. The number of amides is 1. The molecule has 3 heterocycles. The maximum absolute atomic E-state index is 12.6. The SMILES string of the molecule is Cn1c(=O)c2cc(C(=O)N3CCCC3C(=O)O)cnc2n(C)c1=O. The maximum Gasteiger partial charge on any atom is 0.332 e. The lowest BCUT2D eigenvalue weighted by Crippen LogP contribution is -2.41. The Morgan fingerprint density at radius 2 is 1.96 bits per heavy atom. The molecule has 1 unspecified atom stereocenters. The van der Waals surface area contributed by atoms with Gasteiger partial charge in [0.15, 0.2) is 0 Å². The second-order valence-electron chi connectivity index (χ2n) is 5.80. The standard InChI is InChI=1S/C15H16N4O5/c1-17-11-9(13(21)18(2)15(17)24)6-8(7-16-11)12(20)19-5-3-4-10(19)14(22)23/h6-7,10H,3-5H2,1-2H3,(H,22,23). The van der Waals surface area contributed by atoms with Crippen molar-refractivity contribution in [3.8, 4) is 0 Å². The molecule has 0 spiro atoms. The molecule has 0 aromatic carbocycles. The first-order chi connectivity index (χ1) is 11.3. The molecule has 1 aliphatic heterocycles. The van der Waals surface area contributed by atoms with Gasteiger partial charge in [-0.25, -0.2) is 14.6 Å². The van der Waals surface area contributed by atoms with Gasteiger partial charge >= 0.3 is 11.7 Å². The minimum absolute atomic E-state index is 0.131. The normalized spacial score (nSPS) is 17.4. The first-order valence-corrected chi connectivity index (χ1v) is 7.42. The smallest absolute Gasteiger partial charge is 0.332 e. The van der Waals surface area contributed by atoms with Crippen LogP contribution in [0.1, 0.15) is 23.2 Å². The average molecular weight is 332 g/mol. The summed E-state index contributed by atoms with van der Waals surface area (Å²) in [5.41, 5.74) is -0.752. The van der Waals surface area contributed by atoms with E-state index in [0.717, 1.165) is 4.57 Å². The largest absolute Gasteiger partial charge is 0.480 e. The van der Waals surface area contributed by atoms with Crippen LogP contribution in [0.2, 0.25) is 0 Å². The molecule has 1 atom stereocenters. The van der Waals surface area contributed by atoms with Crippen LogP contribution in [0.15, 0.2) is 21.9 Å². The van der Waals surface area contributed by atoms with Crippen LogP contribution in [0.25, 0.3) is 11.0 Å². The molecule has 2 aromatic heterocycles. The average Bonchev–Trinajstić information content (AvgIpc) is 3.06. The van der Waals surface area contributed by atoms with Gasteiger partial charge in [-0.05, 0) is 18.9 Å². The zero-order valence-electron chi connectivity index (χ0n) is 13.2. The fourth-order valence-corrected chi connectivity index (χ4v) is 3.01. The van der Waals surface area contributed by atoms with Crippen molar-refractivity contribution >= 4 is 22.9 Å². The topological polar surface area (TPSA) is 114 Å². The Morgan fingerprint density at radius 3 is 2.62 bits per heavy atom. The van der Waals surface area contributed by atoms with Gasteiger partial charge < -0.3 is 10.0 Å². The van der Waals surface area contributed by atoms with Gasteiger partial charge in [0.25, 0.3) is 11.5 Å². The van der Waals surface area contributed by atoms with E-state index in [0.29, 0.717) is 19.4 Å². The molecule has 9 nitrogen and oxygen atoms in total. The van der Waals surface area contributed by atoms with Crippen LogP contribution in [-0.4, -0.2) is 48.6 Å². The summed E-state index contributed by atoms with van der Waals surface area (Å²) in [7, 11) is 2.83. The summed E-state index contributed by atoms with van der Waals surface area (Å²) in [4.78, 5) is 53.3. The first kappa shape index (κ1) is 15.9. The van der Waals surface area contributed by atoms with Gasteiger partial charge in [0.05, 0.1) is 10.9 Å². The molecule has 1 aliphatic rings. The number of nitrogens with zero attached hydrogens (tertiary/aromatic N) is 4. The van der Waals surface area contributed by atoms with Crippen LogP contribution >= 0.6 is 0 Å². The van der Waals surface area contributed by atoms with E-state index in [1.807, 2.05) is 0 Å². The van der Waals surface area contributed by atoms with Gasteiger partial charge in [0, 0.05) is 26.8 Å². The number of aryl methyl sites for hydroxylation is 1. The quantitative estimate of drug-likeness (QED) is 0.779. The van der Waals surface area contributed by atoms with E-state index in [1.54, 1.807) is 0 Å². The van der Waals surface area contributed by atoms with Crippen molar-refractivity contribution < 1.29 is 14.7 Å². The lowest BCUT2D eigenvalue weighted by molar-refractivity contribution is -0.141. The van der Waals surface area contributed by atoms with Crippen LogP contribution in [0.3, 0.4) is 0 Å². The molecule has 1 saturated heterocycles. The Bertz CT molecular complexity index is 974. The van der Waals surface area contributed by atoms with Crippen LogP contribution in [0.5, 0.6) is 0 Å². The molecule has 1 amide bonds. The van der Waals surface area contributed by atoms with Gasteiger partial charge in [-0.3, -0.25) is 18.7 Å². The van der Waals surface area contributed by atoms with Crippen molar-refractivity contribution in [1.29, 1.82) is 0 Å². The third-order valence-corrected chi connectivity index (χ3v) is 4.34. The summed E-state index contributed by atoms with van der Waals surface area (Å²) >= 11 is 0. The molecule has 0 radical (unpaired) electrons. The summed E-state index contributed by atoms with van der Waals surface area (Å²) in [6, 6.07) is 0.500. The number of carbonyl (C=O) groups is 2. The second-order valence-corrected chi connectivity index (χ2v) is 5.80. The Morgan fingerprint density at radius 1 is 1.25 bits per heavy atom. The highest BCUT2D eigenvalue weighted by molar-refractivity contribution is 5.98. The molecule has 3 rings (SSSR count). The summed E-state index contributed by atoms with van der Waals surface area (Å²) in [6.07, 6.45) is 2.28. The number of hydrogen-bond donors (Lipinski definition) is 1. The highest BCUT2D eigenvalue weighted by Crippen LogP contribution is 2.20. The van der Waals surface area contributed by atoms with E-state index in [-0.39, 0.29) is 16.6 Å². The van der Waals surface area contributed by atoms with E-state index in [9.17, 15) is 24.3 Å². The number of carbonyl (C=O) groups excluding carboxylic acids is 1. The molecule has 24 heavy (non-hydrogen) atoms. The Balaban J connectivity index is 2.12. The molecule has 1 fully saturated rings. The van der Waals surface area contributed by atoms with E-state index in [2.05, 4.69) is 4.98 Å². The lowest BCUT2D eigenvalue weighted by atomic mass is 10.1. The number of carboxylic acid groups (broad SMARTS) is 1. The summed E-state index contributed by atoms with van der Waals surface area (Å²) < 4.78 is 2.16. The van der Waals surface area contributed by atoms with Crippen molar-refractivity contribution in [2.75, 3.05) is 6.54 Å². The Labute approximate surface area is 135 Å². The zero-order valence-corrected chi connectivity index (χ0v) is 13.2. The number of fused-ring (bicyclic) bond motifs is 1. The van der Waals surface area contributed by atoms with Crippen LogP contribution < -0.4 is 11.2 Å². The van der Waals surface area contributed by atoms with E-state index in [1.165, 1.54) is 35.8 Å². The zero-order chi connectivity index (χ0) is 17.6. The monoisotopic (exact) mass is 332 g/mol. The molecule has 9 heteroatoms.